The highest BCUT2D eigenvalue weighted by Crippen LogP contribution is 2.26. The van der Waals surface area contributed by atoms with E-state index in [1.807, 2.05) is 36.7 Å². The second-order valence-corrected chi connectivity index (χ2v) is 7.93. The minimum Gasteiger partial charge on any atom is -0.478 e. The van der Waals surface area contributed by atoms with Crippen molar-refractivity contribution in [3.05, 3.63) is 77.9 Å². The number of carbonyl (C=O) groups is 1. The summed E-state index contributed by atoms with van der Waals surface area (Å²) in [4.78, 5) is 18.4. The van der Waals surface area contributed by atoms with E-state index in [4.69, 9.17) is 0 Å². The van der Waals surface area contributed by atoms with Crippen LogP contribution in [0.25, 0.3) is 11.1 Å². The highest BCUT2D eigenvalue weighted by atomic mass is 16.4. The Labute approximate surface area is 171 Å². The van der Waals surface area contributed by atoms with Crippen molar-refractivity contribution in [1.29, 1.82) is 0 Å². The van der Waals surface area contributed by atoms with Crippen LogP contribution in [0.15, 0.2) is 60.9 Å². The largest absolute Gasteiger partial charge is 0.478 e. The molecule has 5 nitrogen and oxygen atoms in total. The summed E-state index contributed by atoms with van der Waals surface area (Å²) in [6.07, 6.45) is 7.37. The first-order valence-electron chi connectivity index (χ1n) is 10.2. The van der Waals surface area contributed by atoms with Gasteiger partial charge in [-0.3, -0.25) is 4.90 Å². The van der Waals surface area contributed by atoms with E-state index in [9.17, 15) is 9.90 Å². The van der Waals surface area contributed by atoms with Gasteiger partial charge in [-0.2, -0.15) is 0 Å². The molecule has 1 aromatic heterocycles. The van der Waals surface area contributed by atoms with Crippen molar-refractivity contribution in [2.75, 3.05) is 13.1 Å². The van der Waals surface area contributed by atoms with Crippen LogP contribution in [0.5, 0.6) is 0 Å². The van der Waals surface area contributed by atoms with Gasteiger partial charge in [-0.1, -0.05) is 42.5 Å². The summed E-state index contributed by atoms with van der Waals surface area (Å²) in [5, 5.41) is 9.40. The van der Waals surface area contributed by atoms with Crippen LogP contribution < -0.4 is 0 Å². The number of likely N-dealkylation sites (tertiary alicyclic amines) is 1. The lowest BCUT2D eigenvalue weighted by atomic mass is 9.93. The molecule has 0 amide bonds. The van der Waals surface area contributed by atoms with Gasteiger partial charge in [0.1, 0.15) is 5.82 Å². The molecule has 5 heteroatoms. The molecule has 0 saturated carbocycles. The monoisotopic (exact) mass is 389 g/mol. The maximum atomic E-state index is 11.5. The smallest absolute Gasteiger partial charge is 0.336 e. The Bertz CT molecular complexity index is 970. The number of piperidine rings is 1. The zero-order chi connectivity index (χ0) is 20.2. The maximum absolute atomic E-state index is 11.5. The molecule has 0 aliphatic carbocycles. The molecular weight excluding hydrogens is 362 g/mol. The fourth-order valence-corrected chi connectivity index (χ4v) is 4.17. The van der Waals surface area contributed by atoms with Gasteiger partial charge in [-0.15, -0.1) is 0 Å². The van der Waals surface area contributed by atoms with Crippen molar-refractivity contribution in [3.63, 3.8) is 0 Å². The molecular formula is C24H27N3O2. The molecule has 4 rings (SSSR count). The number of hydrogen-bond donors (Lipinski definition) is 1. The number of hydrogen-bond acceptors (Lipinski definition) is 3. The van der Waals surface area contributed by atoms with E-state index in [0.29, 0.717) is 11.5 Å². The van der Waals surface area contributed by atoms with E-state index < -0.39 is 5.97 Å². The molecule has 2 heterocycles. The number of carboxylic acid groups (broad SMARTS) is 1. The number of imidazole rings is 1. The number of aryl methyl sites for hydroxylation is 1. The fraction of sp³-hybridized carbons (Fsp3) is 0.333. The number of carboxylic acids is 1. The Kier molecular flexibility index (Phi) is 5.76. The Morgan fingerprint density at radius 2 is 1.83 bits per heavy atom. The summed E-state index contributed by atoms with van der Waals surface area (Å²) in [6, 6.07) is 15.5. The Morgan fingerprint density at radius 3 is 2.48 bits per heavy atom. The summed E-state index contributed by atoms with van der Waals surface area (Å²) < 4.78 is 2.12. The fourth-order valence-electron chi connectivity index (χ4n) is 4.17. The van der Waals surface area contributed by atoms with Crippen molar-refractivity contribution in [2.24, 2.45) is 13.0 Å². The van der Waals surface area contributed by atoms with Crippen molar-refractivity contribution < 1.29 is 9.90 Å². The average molecular weight is 389 g/mol. The lowest BCUT2D eigenvalue weighted by Gasteiger charge is -2.31. The van der Waals surface area contributed by atoms with Crippen molar-refractivity contribution in [3.8, 4) is 11.1 Å². The quantitative estimate of drug-likeness (QED) is 0.685. The van der Waals surface area contributed by atoms with E-state index in [0.717, 1.165) is 37.2 Å². The van der Waals surface area contributed by atoms with Crippen LogP contribution in [0, 0.1) is 5.92 Å². The van der Waals surface area contributed by atoms with E-state index in [1.165, 1.54) is 24.2 Å². The summed E-state index contributed by atoms with van der Waals surface area (Å²) in [5.74, 6) is 1.00. The Hall–Kier alpha value is -2.92. The first-order valence-corrected chi connectivity index (χ1v) is 10.2. The molecule has 1 N–H and O–H groups in total. The van der Waals surface area contributed by atoms with Crippen molar-refractivity contribution in [1.82, 2.24) is 14.5 Å². The van der Waals surface area contributed by atoms with Crippen LogP contribution in [0.3, 0.4) is 0 Å². The second-order valence-electron chi connectivity index (χ2n) is 7.93. The molecule has 1 fully saturated rings. The van der Waals surface area contributed by atoms with Gasteiger partial charge in [-0.05, 0) is 54.6 Å². The summed E-state index contributed by atoms with van der Waals surface area (Å²) in [7, 11) is 2.07. The number of aromatic carboxylic acids is 1. The number of aromatic nitrogens is 2. The maximum Gasteiger partial charge on any atom is 0.336 e. The molecule has 29 heavy (non-hydrogen) atoms. The Morgan fingerprint density at radius 1 is 1.10 bits per heavy atom. The highest BCUT2D eigenvalue weighted by molar-refractivity contribution is 5.95. The Balaban J connectivity index is 1.34. The van der Waals surface area contributed by atoms with Crippen LogP contribution in [0.1, 0.15) is 34.6 Å². The number of rotatable bonds is 6. The molecule has 0 bridgehead atoms. The third-order valence-corrected chi connectivity index (χ3v) is 5.93. The van der Waals surface area contributed by atoms with Crippen LogP contribution >= 0.6 is 0 Å². The normalized spacial score (nSPS) is 15.5. The zero-order valence-corrected chi connectivity index (χ0v) is 16.8. The topological polar surface area (TPSA) is 58.4 Å². The number of benzene rings is 2. The average Bonchev–Trinajstić information content (AvgIpc) is 3.14. The van der Waals surface area contributed by atoms with Gasteiger partial charge >= 0.3 is 5.97 Å². The standard InChI is InChI=1S/C24H27N3O2/c1-26-15-12-25-23(26)16-18-10-13-27(14-11-18)17-19-6-8-20(9-7-19)21-4-2-3-5-22(21)24(28)29/h2-9,12,15,18H,10-11,13-14,16-17H2,1H3,(H,28,29). The van der Waals surface area contributed by atoms with Crippen molar-refractivity contribution >= 4 is 5.97 Å². The summed E-state index contributed by atoms with van der Waals surface area (Å²) >= 11 is 0. The van der Waals surface area contributed by atoms with Gasteiger partial charge in [-0.25, -0.2) is 9.78 Å². The van der Waals surface area contributed by atoms with Crippen molar-refractivity contribution in [2.45, 2.75) is 25.8 Å². The van der Waals surface area contributed by atoms with E-state index >= 15 is 0 Å². The molecule has 150 valence electrons. The minimum atomic E-state index is -0.891. The van der Waals surface area contributed by atoms with Gasteiger partial charge in [0.2, 0.25) is 0 Å². The molecule has 0 atom stereocenters. The van der Waals surface area contributed by atoms with E-state index in [2.05, 4.69) is 33.6 Å². The third kappa shape index (κ3) is 4.57. The molecule has 0 spiro atoms. The highest BCUT2D eigenvalue weighted by Gasteiger charge is 2.21. The van der Waals surface area contributed by atoms with Crippen LogP contribution in [0.2, 0.25) is 0 Å². The lowest BCUT2D eigenvalue weighted by molar-refractivity contribution is 0.0697. The van der Waals surface area contributed by atoms with Gasteiger partial charge in [0.15, 0.2) is 0 Å². The van der Waals surface area contributed by atoms with Gasteiger partial charge in [0.25, 0.3) is 0 Å². The number of nitrogens with zero attached hydrogens (tertiary/aromatic N) is 3. The van der Waals surface area contributed by atoms with Crippen LogP contribution in [-0.2, 0) is 20.0 Å². The molecule has 0 radical (unpaired) electrons. The third-order valence-electron chi connectivity index (χ3n) is 5.93. The molecule has 1 aliphatic heterocycles. The first kappa shape index (κ1) is 19.4. The van der Waals surface area contributed by atoms with E-state index in [-0.39, 0.29) is 0 Å². The molecule has 3 aromatic rings. The molecule has 0 unspecified atom stereocenters. The lowest BCUT2D eigenvalue weighted by Crippen LogP contribution is -2.34. The van der Waals surface area contributed by atoms with Gasteiger partial charge < -0.3 is 9.67 Å². The minimum absolute atomic E-state index is 0.343. The zero-order valence-electron chi connectivity index (χ0n) is 16.8. The van der Waals surface area contributed by atoms with Crippen LogP contribution in [0.4, 0.5) is 0 Å². The molecule has 1 aliphatic rings. The van der Waals surface area contributed by atoms with E-state index in [1.54, 1.807) is 12.1 Å². The predicted molar refractivity (Wildman–Crippen MR) is 114 cm³/mol. The summed E-state index contributed by atoms with van der Waals surface area (Å²) in [6.45, 7) is 3.16. The second kappa shape index (κ2) is 8.62. The van der Waals surface area contributed by atoms with Gasteiger partial charge in [0.05, 0.1) is 5.56 Å². The predicted octanol–water partition coefficient (Wildman–Crippen LogP) is 4.24. The van der Waals surface area contributed by atoms with Gasteiger partial charge in [0, 0.05) is 32.4 Å². The molecule has 2 aromatic carbocycles. The SMILES string of the molecule is Cn1ccnc1CC1CCN(Cc2ccc(-c3ccccc3C(=O)O)cc2)CC1. The molecule has 1 saturated heterocycles. The first-order chi connectivity index (χ1) is 14.1. The summed E-state index contributed by atoms with van der Waals surface area (Å²) in [5.41, 5.74) is 3.32. The van der Waals surface area contributed by atoms with Crippen LogP contribution in [-0.4, -0.2) is 38.6 Å².